The highest BCUT2D eigenvalue weighted by Gasteiger charge is 2.20. The predicted octanol–water partition coefficient (Wildman–Crippen LogP) is 0.563. The molecule has 0 atom stereocenters. The fraction of sp³-hybridized carbons (Fsp3) is 0.188. The molecule has 1 aromatic carbocycles. The zero-order chi connectivity index (χ0) is 16.2. The molecular formula is C16H16N4O3. The number of carbonyl (C=O) groups is 2. The Balaban J connectivity index is 1.86. The molecule has 23 heavy (non-hydrogen) atoms. The van der Waals surface area contributed by atoms with Crippen molar-refractivity contribution in [1.82, 2.24) is 10.3 Å². The molecule has 1 aliphatic rings. The number of piperazine rings is 1. The molecule has 0 bridgehead atoms. The lowest BCUT2D eigenvalue weighted by molar-refractivity contribution is -0.120. The minimum absolute atomic E-state index is 0.0405. The van der Waals surface area contributed by atoms with Crippen LogP contribution in [-0.2, 0) is 4.79 Å². The number of hydrogen-bond donors (Lipinski definition) is 3. The fourth-order valence-corrected chi connectivity index (χ4v) is 2.49. The molecule has 1 saturated heterocycles. The monoisotopic (exact) mass is 312 g/mol. The van der Waals surface area contributed by atoms with Gasteiger partial charge in [-0.25, -0.2) is 0 Å². The van der Waals surface area contributed by atoms with Crippen molar-refractivity contribution in [2.45, 2.75) is 0 Å². The quantitative estimate of drug-likeness (QED) is 0.772. The van der Waals surface area contributed by atoms with Crippen molar-refractivity contribution in [3.63, 3.8) is 0 Å². The second kappa shape index (κ2) is 6.35. The average Bonchev–Trinajstić information content (AvgIpc) is 2.55. The molecule has 2 aromatic rings. The first kappa shape index (κ1) is 14.8. The molecule has 0 aliphatic carbocycles. The van der Waals surface area contributed by atoms with Crippen molar-refractivity contribution in [1.29, 1.82) is 0 Å². The van der Waals surface area contributed by atoms with Gasteiger partial charge in [-0.1, -0.05) is 12.1 Å². The molecule has 0 saturated carbocycles. The second-order valence-corrected chi connectivity index (χ2v) is 5.16. The maximum Gasteiger partial charge on any atom is 0.261 e. The number of hydrogen-bond acceptors (Lipinski definition) is 4. The summed E-state index contributed by atoms with van der Waals surface area (Å²) >= 11 is 0. The van der Waals surface area contributed by atoms with Crippen molar-refractivity contribution in [2.24, 2.45) is 0 Å². The van der Waals surface area contributed by atoms with Gasteiger partial charge in [0.1, 0.15) is 5.56 Å². The van der Waals surface area contributed by atoms with E-state index in [0.717, 1.165) is 5.69 Å². The number of nitrogens with one attached hydrogen (secondary N) is 3. The Labute approximate surface area is 132 Å². The highest BCUT2D eigenvalue weighted by molar-refractivity contribution is 6.05. The van der Waals surface area contributed by atoms with Crippen LogP contribution in [0.15, 0.2) is 47.4 Å². The van der Waals surface area contributed by atoms with E-state index in [1.54, 1.807) is 18.2 Å². The number of H-pyrrole nitrogens is 1. The zero-order valence-corrected chi connectivity index (χ0v) is 12.3. The number of carbonyl (C=O) groups excluding carboxylic acids is 2. The maximum absolute atomic E-state index is 12.3. The summed E-state index contributed by atoms with van der Waals surface area (Å²) in [6, 6.07) is 10.3. The number of pyridine rings is 1. The lowest BCUT2D eigenvalue weighted by Crippen LogP contribution is -2.47. The fourth-order valence-electron chi connectivity index (χ4n) is 2.49. The molecule has 0 spiro atoms. The van der Waals surface area contributed by atoms with Crippen molar-refractivity contribution in [3.8, 4) is 0 Å². The first-order valence-electron chi connectivity index (χ1n) is 7.25. The summed E-state index contributed by atoms with van der Waals surface area (Å²) in [5.74, 6) is -0.544. The van der Waals surface area contributed by atoms with E-state index in [9.17, 15) is 14.4 Å². The molecule has 7 heteroatoms. The van der Waals surface area contributed by atoms with E-state index in [-0.39, 0.29) is 18.0 Å². The molecule has 2 amide bonds. The SMILES string of the molecule is O=C1CN(c2ccccc2NC(=O)c2ccc[nH]c2=O)CCN1. The van der Waals surface area contributed by atoms with Gasteiger partial charge in [0.15, 0.2) is 0 Å². The number of aromatic nitrogens is 1. The topological polar surface area (TPSA) is 94.3 Å². The largest absolute Gasteiger partial charge is 0.359 e. The van der Waals surface area contributed by atoms with Crippen LogP contribution in [0.2, 0.25) is 0 Å². The molecule has 1 fully saturated rings. The zero-order valence-electron chi connectivity index (χ0n) is 12.3. The standard InChI is InChI=1S/C16H16N4O3/c21-14-10-20(9-8-17-14)13-6-2-1-5-12(13)19-16(23)11-4-3-7-18-15(11)22/h1-7H,8-10H2,(H,17,21)(H,18,22)(H,19,23). The summed E-state index contributed by atoms with van der Waals surface area (Å²) in [6.07, 6.45) is 1.47. The van der Waals surface area contributed by atoms with Crippen molar-refractivity contribution < 1.29 is 9.59 Å². The highest BCUT2D eigenvalue weighted by atomic mass is 16.2. The third-order valence-corrected chi connectivity index (χ3v) is 3.59. The minimum Gasteiger partial charge on any atom is -0.359 e. The Morgan fingerprint density at radius 3 is 2.74 bits per heavy atom. The Kier molecular flexibility index (Phi) is 4.09. The van der Waals surface area contributed by atoms with Gasteiger partial charge in [-0.05, 0) is 24.3 Å². The summed E-state index contributed by atoms with van der Waals surface area (Å²) in [5, 5.41) is 5.51. The van der Waals surface area contributed by atoms with Crippen LogP contribution < -0.4 is 21.1 Å². The van der Waals surface area contributed by atoms with Gasteiger partial charge in [-0.3, -0.25) is 14.4 Å². The van der Waals surface area contributed by atoms with E-state index >= 15 is 0 Å². The number of para-hydroxylation sites is 2. The van der Waals surface area contributed by atoms with Crippen LogP contribution in [0.3, 0.4) is 0 Å². The molecule has 0 unspecified atom stereocenters. The van der Waals surface area contributed by atoms with E-state index in [1.807, 2.05) is 17.0 Å². The van der Waals surface area contributed by atoms with E-state index in [1.165, 1.54) is 12.3 Å². The van der Waals surface area contributed by atoms with Crippen LogP contribution in [0.5, 0.6) is 0 Å². The number of amides is 2. The summed E-state index contributed by atoms with van der Waals surface area (Å²) in [4.78, 5) is 39.9. The van der Waals surface area contributed by atoms with E-state index in [4.69, 9.17) is 0 Å². The summed E-state index contributed by atoms with van der Waals surface area (Å²) in [5.41, 5.74) is 0.914. The summed E-state index contributed by atoms with van der Waals surface area (Å²) in [6.45, 7) is 1.45. The van der Waals surface area contributed by atoms with E-state index in [0.29, 0.717) is 18.8 Å². The molecule has 0 radical (unpaired) electrons. The van der Waals surface area contributed by atoms with Crippen LogP contribution in [0, 0.1) is 0 Å². The van der Waals surface area contributed by atoms with Crippen molar-refractivity contribution in [2.75, 3.05) is 29.9 Å². The molecule has 3 rings (SSSR count). The third kappa shape index (κ3) is 3.23. The highest BCUT2D eigenvalue weighted by Crippen LogP contribution is 2.26. The minimum atomic E-state index is -0.485. The van der Waals surface area contributed by atoms with Crippen LogP contribution in [0.1, 0.15) is 10.4 Å². The predicted molar refractivity (Wildman–Crippen MR) is 86.7 cm³/mol. The van der Waals surface area contributed by atoms with Gasteiger partial charge >= 0.3 is 0 Å². The Morgan fingerprint density at radius 2 is 1.96 bits per heavy atom. The third-order valence-electron chi connectivity index (χ3n) is 3.59. The molecule has 1 aromatic heterocycles. The van der Waals surface area contributed by atoms with Gasteiger partial charge in [0, 0.05) is 19.3 Å². The molecule has 118 valence electrons. The number of nitrogens with zero attached hydrogens (tertiary/aromatic N) is 1. The lowest BCUT2D eigenvalue weighted by Gasteiger charge is -2.30. The molecule has 1 aliphatic heterocycles. The second-order valence-electron chi connectivity index (χ2n) is 5.16. The lowest BCUT2D eigenvalue weighted by atomic mass is 10.2. The summed E-state index contributed by atoms with van der Waals surface area (Å²) in [7, 11) is 0. The number of aromatic amines is 1. The van der Waals surface area contributed by atoms with Gasteiger partial charge in [0.25, 0.3) is 11.5 Å². The maximum atomic E-state index is 12.3. The van der Waals surface area contributed by atoms with E-state index in [2.05, 4.69) is 15.6 Å². The van der Waals surface area contributed by atoms with Crippen molar-refractivity contribution >= 4 is 23.2 Å². The first-order chi connectivity index (χ1) is 11.1. The van der Waals surface area contributed by atoms with Gasteiger partial charge in [0.2, 0.25) is 5.91 Å². The van der Waals surface area contributed by atoms with Crippen LogP contribution >= 0.6 is 0 Å². The van der Waals surface area contributed by atoms with Crippen LogP contribution in [0.4, 0.5) is 11.4 Å². The first-order valence-corrected chi connectivity index (χ1v) is 7.25. The van der Waals surface area contributed by atoms with Crippen LogP contribution in [-0.4, -0.2) is 36.4 Å². The molecule has 7 nitrogen and oxygen atoms in total. The Bertz CT molecular complexity index is 800. The average molecular weight is 312 g/mol. The van der Waals surface area contributed by atoms with Gasteiger partial charge < -0.3 is 20.5 Å². The number of benzene rings is 1. The molecule has 3 N–H and O–H groups in total. The smallest absolute Gasteiger partial charge is 0.261 e. The van der Waals surface area contributed by atoms with E-state index < -0.39 is 11.5 Å². The molecular weight excluding hydrogens is 296 g/mol. The summed E-state index contributed by atoms with van der Waals surface area (Å²) < 4.78 is 0. The van der Waals surface area contributed by atoms with Gasteiger partial charge in [-0.15, -0.1) is 0 Å². The normalized spacial score (nSPS) is 14.3. The Morgan fingerprint density at radius 1 is 1.13 bits per heavy atom. The number of rotatable bonds is 3. The molecule has 2 heterocycles. The van der Waals surface area contributed by atoms with Crippen molar-refractivity contribution in [3.05, 3.63) is 58.5 Å². The van der Waals surface area contributed by atoms with Crippen LogP contribution in [0.25, 0.3) is 0 Å². The Hall–Kier alpha value is -3.09. The van der Waals surface area contributed by atoms with Gasteiger partial charge in [-0.2, -0.15) is 0 Å². The van der Waals surface area contributed by atoms with Gasteiger partial charge in [0.05, 0.1) is 17.9 Å². The number of anilines is 2.